The zero-order chi connectivity index (χ0) is 16.4. The summed E-state index contributed by atoms with van der Waals surface area (Å²) >= 11 is 6.12. The number of carbonyl (C=O) groups is 2. The molecule has 1 amide bonds. The number of carboxylic acid groups (broad SMARTS) is 1. The Kier molecular flexibility index (Phi) is 4.69. The largest absolute Gasteiger partial charge is 0.480 e. The van der Waals surface area contributed by atoms with Crippen molar-refractivity contribution in [1.29, 1.82) is 0 Å². The Morgan fingerprint density at radius 3 is 2.83 bits per heavy atom. The van der Waals surface area contributed by atoms with Gasteiger partial charge in [0.25, 0.3) is 5.91 Å². The fraction of sp³-hybridized carbons (Fsp3) is 0.357. The second-order valence-corrected chi connectivity index (χ2v) is 6.61. The minimum Gasteiger partial charge on any atom is -0.480 e. The van der Waals surface area contributed by atoms with Gasteiger partial charge in [0.1, 0.15) is 16.6 Å². The van der Waals surface area contributed by atoms with E-state index in [4.69, 9.17) is 26.5 Å². The molecule has 2 saturated heterocycles. The second-order valence-electron chi connectivity index (χ2n) is 4.94. The first-order valence-corrected chi connectivity index (χ1v) is 8.17. The van der Waals surface area contributed by atoms with Crippen molar-refractivity contribution >= 4 is 52.1 Å². The molecule has 7 nitrogen and oxygen atoms in total. The van der Waals surface area contributed by atoms with Crippen molar-refractivity contribution in [2.45, 2.75) is 0 Å². The number of anilines is 1. The highest BCUT2D eigenvalue weighted by molar-refractivity contribution is 8.26. The highest BCUT2D eigenvalue weighted by Crippen LogP contribution is 2.33. The first-order valence-electron chi connectivity index (χ1n) is 6.94. The molecule has 1 aromatic rings. The molecule has 1 N–H and O–H groups in total. The standard InChI is InChI=1S/C14H14N2O5S2/c17-12(18)8-16-13(19)10(23-14(16)22)7-9-1-2-11(21-9)15-3-5-20-6-4-15/h1-2,7H,3-6,8H2,(H,17,18)/b10-7-. The van der Waals surface area contributed by atoms with Crippen molar-refractivity contribution in [3.63, 3.8) is 0 Å². The third-order valence-corrected chi connectivity index (χ3v) is 4.75. The van der Waals surface area contributed by atoms with Crippen molar-refractivity contribution in [2.75, 3.05) is 37.7 Å². The normalized spacial score (nSPS) is 20.6. The summed E-state index contributed by atoms with van der Waals surface area (Å²) in [6.07, 6.45) is 1.59. The Morgan fingerprint density at radius 2 is 2.13 bits per heavy atom. The predicted molar refractivity (Wildman–Crippen MR) is 89.3 cm³/mol. The van der Waals surface area contributed by atoms with Gasteiger partial charge in [-0.15, -0.1) is 0 Å². The number of aliphatic carboxylic acids is 1. The molecule has 3 heterocycles. The van der Waals surface area contributed by atoms with Crippen LogP contribution in [0.15, 0.2) is 21.5 Å². The number of carboxylic acids is 1. The number of hydrogen-bond acceptors (Lipinski definition) is 7. The van der Waals surface area contributed by atoms with Gasteiger partial charge in [0.15, 0.2) is 5.88 Å². The van der Waals surface area contributed by atoms with E-state index in [1.165, 1.54) is 0 Å². The fourth-order valence-electron chi connectivity index (χ4n) is 2.27. The molecule has 0 saturated carbocycles. The summed E-state index contributed by atoms with van der Waals surface area (Å²) in [7, 11) is 0. The van der Waals surface area contributed by atoms with Crippen molar-refractivity contribution < 1.29 is 23.8 Å². The van der Waals surface area contributed by atoms with Crippen molar-refractivity contribution in [3.05, 3.63) is 22.8 Å². The Morgan fingerprint density at radius 1 is 1.39 bits per heavy atom. The van der Waals surface area contributed by atoms with Crippen LogP contribution in [-0.2, 0) is 14.3 Å². The van der Waals surface area contributed by atoms with Crippen LogP contribution in [0.25, 0.3) is 6.08 Å². The lowest BCUT2D eigenvalue weighted by Gasteiger charge is -2.26. The van der Waals surface area contributed by atoms with Crippen LogP contribution in [0, 0.1) is 0 Å². The first kappa shape index (κ1) is 16.0. The average molecular weight is 354 g/mol. The number of morpholine rings is 1. The fourth-order valence-corrected chi connectivity index (χ4v) is 3.51. The van der Waals surface area contributed by atoms with Gasteiger partial charge in [-0.3, -0.25) is 14.5 Å². The third kappa shape index (κ3) is 3.57. The number of hydrogen-bond donors (Lipinski definition) is 1. The third-order valence-electron chi connectivity index (χ3n) is 3.38. The zero-order valence-electron chi connectivity index (χ0n) is 12.1. The Bertz CT molecular complexity index is 678. The van der Waals surface area contributed by atoms with Crippen molar-refractivity contribution in [2.24, 2.45) is 0 Å². The number of thiocarbonyl (C=S) groups is 1. The molecule has 1 aromatic heterocycles. The summed E-state index contributed by atoms with van der Waals surface area (Å²) in [6, 6.07) is 3.61. The number of furan rings is 1. The molecule has 2 fully saturated rings. The number of nitrogens with zero attached hydrogens (tertiary/aromatic N) is 2. The lowest BCUT2D eigenvalue weighted by molar-refractivity contribution is -0.140. The number of carbonyl (C=O) groups excluding carboxylic acids is 1. The molecule has 0 unspecified atom stereocenters. The van der Waals surface area contributed by atoms with Gasteiger partial charge in [0, 0.05) is 25.2 Å². The van der Waals surface area contributed by atoms with Gasteiger partial charge in [-0.05, 0) is 6.07 Å². The van der Waals surface area contributed by atoms with Crippen LogP contribution in [0.5, 0.6) is 0 Å². The lowest BCUT2D eigenvalue weighted by atomic mass is 10.3. The maximum atomic E-state index is 12.2. The topological polar surface area (TPSA) is 83.2 Å². The first-order chi connectivity index (χ1) is 11.0. The molecule has 2 aliphatic heterocycles. The minimum absolute atomic E-state index is 0.239. The SMILES string of the molecule is O=C(O)CN1C(=O)/C(=C/c2ccc(N3CCOCC3)o2)SC1=S. The Balaban J connectivity index is 1.74. The van der Waals surface area contributed by atoms with E-state index in [1.54, 1.807) is 12.1 Å². The van der Waals surface area contributed by atoms with Crippen molar-refractivity contribution in [1.82, 2.24) is 4.90 Å². The van der Waals surface area contributed by atoms with Gasteiger partial charge >= 0.3 is 5.97 Å². The van der Waals surface area contributed by atoms with E-state index in [1.807, 2.05) is 6.07 Å². The Hall–Kier alpha value is -1.84. The average Bonchev–Trinajstić information content (AvgIpc) is 3.09. The lowest BCUT2D eigenvalue weighted by Crippen LogP contribution is -2.35. The van der Waals surface area contributed by atoms with Crippen LogP contribution in [-0.4, -0.2) is 59.1 Å². The summed E-state index contributed by atoms with van der Waals surface area (Å²) in [5, 5.41) is 8.82. The van der Waals surface area contributed by atoms with Gasteiger partial charge in [-0.25, -0.2) is 0 Å². The molecular weight excluding hydrogens is 340 g/mol. The molecule has 23 heavy (non-hydrogen) atoms. The minimum atomic E-state index is -1.10. The van der Waals surface area contributed by atoms with Crippen LogP contribution in [0.1, 0.15) is 5.76 Å². The van der Waals surface area contributed by atoms with E-state index in [9.17, 15) is 9.59 Å². The van der Waals surface area contributed by atoms with Crippen LogP contribution in [0.2, 0.25) is 0 Å². The van der Waals surface area contributed by atoms with E-state index in [2.05, 4.69) is 4.90 Å². The van der Waals surface area contributed by atoms with Gasteiger partial charge in [0.05, 0.1) is 18.1 Å². The van der Waals surface area contributed by atoms with Gasteiger partial charge in [-0.2, -0.15) is 0 Å². The molecule has 122 valence electrons. The number of amides is 1. The van der Waals surface area contributed by atoms with Gasteiger partial charge in [-0.1, -0.05) is 24.0 Å². The summed E-state index contributed by atoms with van der Waals surface area (Å²) in [5.41, 5.74) is 0. The second kappa shape index (κ2) is 6.73. The summed E-state index contributed by atoms with van der Waals surface area (Å²) in [5.74, 6) is -0.259. The van der Waals surface area contributed by atoms with E-state index in [0.717, 1.165) is 35.6 Å². The molecule has 0 aliphatic carbocycles. The molecule has 0 atom stereocenters. The number of thioether (sulfide) groups is 1. The van der Waals surface area contributed by atoms with Crippen LogP contribution in [0.4, 0.5) is 5.88 Å². The zero-order valence-corrected chi connectivity index (χ0v) is 13.7. The quantitative estimate of drug-likeness (QED) is 0.642. The molecule has 3 rings (SSSR count). The predicted octanol–water partition coefficient (Wildman–Crippen LogP) is 1.40. The Labute approximate surface area is 141 Å². The highest BCUT2D eigenvalue weighted by atomic mass is 32.2. The van der Waals surface area contributed by atoms with E-state index in [0.29, 0.717) is 23.9 Å². The summed E-state index contributed by atoms with van der Waals surface area (Å²) < 4.78 is 11.3. The van der Waals surface area contributed by atoms with E-state index < -0.39 is 18.4 Å². The molecule has 0 radical (unpaired) electrons. The molecular formula is C14H14N2O5S2. The highest BCUT2D eigenvalue weighted by Gasteiger charge is 2.33. The molecule has 2 aliphatic rings. The summed E-state index contributed by atoms with van der Waals surface area (Å²) in [6.45, 7) is 2.40. The van der Waals surface area contributed by atoms with Crippen molar-refractivity contribution in [3.8, 4) is 0 Å². The maximum Gasteiger partial charge on any atom is 0.323 e. The molecule has 0 aromatic carbocycles. The van der Waals surface area contributed by atoms with E-state index >= 15 is 0 Å². The molecule has 0 bridgehead atoms. The van der Waals surface area contributed by atoms with Crippen LogP contribution < -0.4 is 4.90 Å². The van der Waals surface area contributed by atoms with E-state index in [-0.39, 0.29) is 4.32 Å². The molecule has 9 heteroatoms. The maximum absolute atomic E-state index is 12.2. The number of rotatable bonds is 4. The summed E-state index contributed by atoms with van der Waals surface area (Å²) in [4.78, 5) is 26.5. The van der Waals surface area contributed by atoms with Crippen LogP contribution >= 0.6 is 24.0 Å². The van der Waals surface area contributed by atoms with Gasteiger partial charge in [0.2, 0.25) is 0 Å². The molecule has 0 spiro atoms. The van der Waals surface area contributed by atoms with Gasteiger partial charge < -0.3 is 19.2 Å². The van der Waals surface area contributed by atoms with Crippen LogP contribution in [0.3, 0.4) is 0 Å². The smallest absolute Gasteiger partial charge is 0.323 e. The number of ether oxygens (including phenoxy) is 1. The monoisotopic (exact) mass is 354 g/mol.